The van der Waals surface area contributed by atoms with E-state index in [0.29, 0.717) is 37.5 Å². The molecule has 54 heavy (non-hydrogen) atoms. The molecule has 5 rings (SSSR count). The predicted molar refractivity (Wildman–Crippen MR) is 185 cm³/mol. The number of ether oxygens (including phenoxy) is 1. The molecule has 0 aliphatic carbocycles. The Morgan fingerprint density at radius 1 is 0.981 bits per heavy atom. The Morgan fingerprint density at radius 2 is 1.72 bits per heavy atom. The second-order valence-corrected chi connectivity index (χ2v) is 18.3. The van der Waals surface area contributed by atoms with E-state index >= 15 is 0 Å². The number of anilines is 1. The molecule has 0 spiro atoms. The maximum Gasteiger partial charge on any atom is 0.538 e. The van der Waals surface area contributed by atoms with Gasteiger partial charge in [-0.2, -0.15) is 20.4 Å². The topological polar surface area (TPSA) is 355 Å². The molecule has 0 saturated carbocycles. The van der Waals surface area contributed by atoms with Gasteiger partial charge < -0.3 is 50.9 Å². The van der Waals surface area contributed by atoms with Crippen molar-refractivity contribution in [1.29, 1.82) is 0 Å². The van der Waals surface area contributed by atoms with Crippen molar-refractivity contribution < 1.29 is 75.4 Å². The summed E-state index contributed by atoms with van der Waals surface area (Å²) in [6.45, 7) is -0.688. The van der Waals surface area contributed by atoms with Gasteiger partial charge in [-0.25, -0.2) is 33.4 Å². The fraction of sp³-hybridized carbons (Fsp3) is 0.692. The lowest BCUT2D eigenvalue weighted by Gasteiger charge is -2.20. The second kappa shape index (κ2) is 18.0. The molecule has 9 unspecified atom stereocenters. The van der Waals surface area contributed by atoms with Gasteiger partial charge in [0.2, 0.25) is 5.91 Å². The number of phosphoric ester groups is 2. The van der Waals surface area contributed by atoms with E-state index in [-0.39, 0.29) is 47.4 Å². The van der Waals surface area contributed by atoms with E-state index in [0.717, 1.165) is 24.9 Å². The van der Waals surface area contributed by atoms with Crippen LogP contribution in [0.2, 0.25) is 0 Å². The molecule has 10 atom stereocenters. The van der Waals surface area contributed by atoms with Crippen molar-refractivity contribution >= 4 is 70.1 Å². The summed E-state index contributed by atoms with van der Waals surface area (Å²) in [7, 11) is -17.2. The minimum absolute atomic E-state index is 0.0218. The molecular weight excluding hydrogens is 805 g/mol. The highest BCUT2D eigenvalue weighted by atomic mass is 32.2. The summed E-state index contributed by atoms with van der Waals surface area (Å²) in [5, 5.41) is 29.8. The lowest BCUT2D eigenvalue weighted by atomic mass is 10.0. The number of nitrogens with two attached hydrogens (primary N) is 1. The van der Waals surface area contributed by atoms with Gasteiger partial charge >= 0.3 is 35.5 Å². The van der Waals surface area contributed by atoms with Gasteiger partial charge in [0.25, 0.3) is 0 Å². The first-order valence-corrected chi connectivity index (χ1v) is 22.1. The number of imidazole rings is 1. The molecule has 10 N–H and O–H groups in total. The summed E-state index contributed by atoms with van der Waals surface area (Å²) in [6, 6.07) is 0.125. The predicted octanol–water partition coefficient (Wildman–Crippen LogP) is 0.324. The number of phosphoric acid groups is 3. The van der Waals surface area contributed by atoms with Crippen molar-refractivity contribution in [2.24, 2.45) is 0 Å². The molecular formula is C26H41N8O16P3S. The Balaban J connectivity index is 0.943. The fourth-order valence-corrected chi connectivity index (χ4v) is 11.0. The molecule has 3 fully saturated rings. The Kier molecular flexibility index (Phi) is 14.1. The number of nitrogens with zero attached hydrogens (tertiary/aromatic N) is 4. The minimum atomic E-state index is -5.92. The minimum Gasteiger partial charge on any atom is -0.387 e. The monoisotopic (exact) mass is 846 g/mol. The number of thioether (sulfide) groups is 1. The van der Waals surface area contributed by atoms with Gasteiger partial charge in [0.05, 0.1) is 25.0 Å². The maximum absolute atomic E-state index is 12.4. The zero-order chi connectivity index (χ0) is 39.3. The van der Waals surface area contributed by atoms with Crippen LogP contribution in [0.5, 0.6) is 0 Å². The summed E-state index contributed by atoms with van der Waals surface area (Å²) in [6.07, 6.45) is -0.565. The van der Waals surface area contributed by atoms with Crippen LogP contribution in [0.3, 0.4) is 0 Å². The highest BCUT2D eigenvalue weighted by molar-refractivity contribution is 8.00. The number of urea groups is 1. The molecule has 28 heteroatoms. The van der Waals surface area contributed by atoms with E-state index in [1.54, 1.807) is 0 Å². The molecule has 3 saturated heterocycles. The Hall–Kier alpha value is -2.76. The van der Waals surface area contributed by atoms with Crippen LogP contribution in [-0.4, -0.2) is 117 Å². The van der Waals surface area contributed by atoms with E-state index in [1.165, 1.54) is 10.9 Å². The first-order chi connectivity index (χ1) is 25.4. The molecule has 3 aliphatic heterocycles. The van der Waals surface area contributed by atoms with Crippen LogP contribution in [0.1, 0.15) is 57.6 Å². The maximum atomic E-state index is 12.4. The van der Waals surface area contributed by atoms with Crippen molar-refractivity contribution in [3.05, 3.63) is 12.7 Å². The quantitative estimate of drug-likeness (QED) is 0.0492. The van der Waals surface area contributed by atoms with Crippen molar-refractivity contribution in [1.82, 2.24) is 35.5 Å². The lowest BCUT2D eigenvalue weighted by molar-refractivity contribution is -0.135. The summed E-state index contributed by atoms with van der Waals surface area (Å²) < 4.78 is 60.3. The van der Waals surface area contributed by atoms with Gasteiger partial charge in [-0.05, 0) is 25.7 Å². The van der Waals surface area contributed by atoms with E-state index in [1.807, 2.05) is 11.8 Å². The molecule has 3 amide bonds. The summed E-state index contributed by atoms with van der Waals surface area (Å²) in [4.78, 5) is 77.0. The van der Waals surface area contributed by atoms with E-state index in [2.05, 4.69) is 48.6 Å². The normalized spacial score (nSPS) is 28.4. The molecule has 24 nitrogen and oxygen atoms in total. The van der Waals surface area contributed by atoms with Crippen molar-refractivity contribution in [2.45, 2.75) is 93.2 Å². The van der Waals surface area contributed by atoms with Crippen LogP contribution < -0.4 is 21.7 Å². The molecule has 0 bridgehead atoms. The standard InChI is InChI=1S/C26H41N8O16P3S/c27-23-20-24(30-12-29-23)34(13-31-20)25-22(38)21(37)15(47-25)10-46-51(40,41)49-53(44,45)50-52(42,43)48-18(36)8-2-1-5-9-28-17(35)7-4-3-6-16-19-14(11-54-16)32-26(39)33-19/h12-16,19,21-22,25,37-38H,1-11H2,(H,28,35)(H,40,41)(H,42,43)(H,44,45)(H2,27,29,30)(H2,32,33,39)/t14?,15?,16-,19?,21?,22?,25?/m0/s1. The number of fused-ring (bicyclic) bond motifs is 2. The number of aromatic nitrogens is 4. The van der Waals surface area contributed by atoms with Crippen LogP contribution in [0.25, 0.3) is 11.2 Å². The van der Waals surface area contributed by atoms with Gasteiger partial charge in [-0.15, -0.1) is 0 Å². The SMILES string of the molecule is Nc1ncnc2c1ncn2C1OC(COP(=O)(O)OP(=O)(O)OP(=O)(O)OC(=O)CCCCCNC(=O)CCCC[C@@H]2SCC3NC(=O)NC32)C(O)C1O. The number of unbranched alkanes of at least 4 members (excludes halogenated alkanes) is 3. The molecule has 2 aromatic rings. The Bertz CT molecular complexity index is 1830. The van der Waals surface area contributed by atoms with Crippen LogP contribution in [0.15, 0.2) is 12.7 Å². The number of aliphatic hydroxyl groups is 2. The highest BCUT2D eigenvalue weighted by Crippen LogP contribution is 2.67. The Morgan fingerprint density at radius 3 is 2.50 bits per heavy atom. The number of nitrogen functional groups attached to an aromatic ring is 1. The highest BCUT2D eigenvalue weighted by Gasteiger charge is 2.48. The molecule has 0 radical (unpaired) electrons. The van der Waals surface area contributed by atoms with Crippen molar-refractivity contribution in [3.8, 4) is 0 Å². The van der Waals surface area contributed by atoms with Gasteiger partial charge in [-0.3, -0.25) is 23.6 Å². The zero-order valence-electron chi connectivity index (χ0n) is 28.3. The number of amides is 3. The van der Waals surface area contributed by atoms with Gasteiger partial charge in [0, 0.05) is 30.4 Å². The third kappa shape index (κ3) is 11.4. The summed E-state index contributed by atoms with van der Waals surface area (Å²) in [5.74, 6) is -0.541. The molecule has 0 aromatic carbocycles. The number of rotatable bonds is 20. The number of carbonyl (C=O) groups excluding carboxylic acids is 3. The summed E-state index contributed by atoms with van der Waals surface area (Å²) in [5.41, 5.74) is 6.03. The van der Waals surface area contributed by atoms with Gasteiger partial charge in [-0.1, -0.05) is 12.8 Å². The van der Waals surface area contributed by atoms with E-state index in [9.17, 15) is 53.0 Å². The van der Waals surface area contributed by atoms with E-state index < -0.39 is 67.0 Å². The number of nitrogens with one attached hydrogen (secondary N) is 3. The first-order valence-electron chi connectivity index (χ1n) is 16.6. The van der Waals surface area contributed by atoms with Gasteiger partial charge in [0.1, 0.15) is 30.2 Å². The van der Waals surface area contributed by atoms with Crippen LogP contribution in [0, 0.1) is 0 Å². The Labute approximate surface area is 311 Å². The van der Waals surface area contributed by atoms with Crippen LogP contribution >= 0.6 is 35.2 Å². The summed E-state index contributed by atoms with van der Waals surface area (Å²) >= 11 is 1.81. The number of carbonyl (C=O) groups is 3. The zero-order valence-corrected chi connectivity index (χ0v) is 31.8. The fourth-order valence-electron chi connectivity index (χ4n) is 5.97. The average Bonchev–Trinajstić information content (AvgIpc) is 3.83. The lowest BCUT2D eigenvalue weighted by Crippen LogP contribution is -2.36. The number of hydrogen-bond acceptors (Lipinski definition) is 18. The third-order valence-corrected chi connectivity index (χ3v) is 14.2. The van der Waals surface area contributed by atoms with Gasteiger partial charge in [0.15, 0.2) is 17.7 Å². The van der Waals surface area contributed by atoms with E-state index in [4.69, 9.17) is 10.5 Å². The smallest absolute Gasteiger partial charge is 0.387 e. The van der Waals surface area contributed by atoms with Crippen molar-refractivity contribution in [2.75, 3.05) is 24.6 Å². The van der Waals surface area contributed by atoms with Crippen LogP contribution in [0.4, 0.5) is 10.6 Å². The number of aliphatic hydroxyl groups excluding tert-OH is 2. The van der Waals surface area contributed by atoms with Crippen LogP contribution in [-0.2, 0) is 45.7 Å². The average molecular weight is 847 g/mol. The molecule has 302 valence electrons. The van der Waals surface area contributed by atoms with Crippen molar-refractivity contribution in [3.63, 3.8) is 0 Å². The molecule has 5 heterocycles. The molecule has 2 aromatic heterocycles. The third-order valence-electron chi connectivity index (χ3n) is 8.49. The number of hydrogen-bond donors (Lipinski definition) is 9. The largest absolute Gasteiger partial charge is 0.538 e. The first kappa shape index (κ1) is 42.4. The second-order valence-electron chi connectivity index (χ2n) is 12.5. The molecule has 3 aliphatic rings.